The van der Waals surface area contributed by atoms with Crippen LogP contribution in [0.4, 0.5) is 0 Å². The largest absolute Gasteiger partial charge is 0.391 e. The number of hydrogen-bond donors (Lipinski definition) is 3. The number of carbonyl (C=O) groups is 1. The lowest BCUT2D eigenvalue weighted by Gasteiger charge is -2.03. The second kappa shape index (κ2) is 3.37. The summed E-state index contributed by atoms with van der Waals surface area (Å²) in [4.78, 5) is 9.96. The third kappa shape index (κ3) is 3.87. The summed E-state index contributed by atoms with van der Waals surface area (Å²) in [6.45, 7) is 0. The molecule has 0 aliphatic heterocycles. The van der Waals surface area contributed by atoms with Crippen molar-refractivity contribution in [3.05, 3.63) is 0 Å². The zero-order valence-corrected chi connectivity index (χ0v) is 5.52. The van der Waals surface area contributed by atoms with Crippen molar-refractivity contribution in [3.63, 3.8) is 0 Å². The minimum Gasteiger partial charge on any atom is -0.391 e. The van der Waals surface area contributed by atoms with Gasteiger partial charge in [0.25, 0.3) is 0 Å². The van der Waals surface area contributed by atoms with Gasteiger partial charge in [0.2, 0.25) is 5.91 Å². The Morgan fingerprint density at radius 2 is 2.11 bits per heavy atom. The van der Waals surface area contributed by atoms with Crippen LogP contribution in [0.1, 0.15) is 6.42 Å². The van der Waals surface area contributed by atoms with Gasteiger partial charge in [-0.1, -0.05) is 12.2 Å². The molecule has 0 saturated carbocycles. The maximum absolute atomic E-state index is 10.1. The lowest BCUT2D eigenvalue weighted by molar-refractivity contribution is -0.119. The smallest absolute Gasteiger partial charge is 0.220 e. The van der Waals surface area contributed by atoms with E-state index in [9.17, 15) is 4.79 Å². The molecule has 0 spiro atoms. The Bertz CT molecular complexity index is 137. The molecule has 4 nitrogen and oxygen atoms in total. The first-order valence-corrected chi connectivity index (χ1v) is 2.70. The van der Waals surface area contributed by atoms with Crippen molar-refractivity contribution in [2.45, 2.75) is 12.5 Å². The molecule has 0 heterocycles. The summed E-state index contributed by atoms with van der Waals surface area (Å²) in [7, 11) is 0. The van der Waals surface area contributed by atoms with Crippen molar-refractivity contribution < 1.29 is 9.90 Å². The van der Waals surface area contributed by atoms with Gasteiger partial charge in [-0.25, -0.2) is 0 Å². The third-order valence-corrected chi connectivity index (χ3v) is 0.995. The SMILES string of the molecule is NC(=O)C[C@H](O)C(N)=S. The van der Waals surface area contributed by atoms with Crippen molar-refractivity contribution in [2.75, 3.05) is 0 Å². The summed E-state index contributed by atoms with van der Waals surface area (Å²) in [5, 5.41) is 8.73. The zero-order chi connectivity index (χ0) is 7.44. The van der Waals surface area contributed by atoms with Crippen molar-refractivity contribution >= 4 is 23.1 Å². The molecule has 0 fully saturated rings. The number of hydrogen-bond acceptors (Lipinski definition) is 3. The number of primary amides is 1. The van der Waals surface area contributed by atoms with Crippen molar-refractivity contribution in [1.29, 1.82) is 0 Å². The van der Waals surface area contributed by atoms with Gasteiger partial charge < -0.3 is 16.6 Å². The summed E-state index contributed by atoms with van der Waals surface area (Å²) in [6.07, 6.45) is -1.27. The molecule has 0 aromatic heterocycles. The Kier molecular flexibility index (Phi) is 3.11. The van der Waals surface area contributed by atoms with Gasteiger partial charge >= 0.3 is 0 Å². The molecular formula is C4H8N2O2S. The van der Waals surface area contributed by atoms with E-state index < -0.39 is 12.0 Å². The highest BCUT2D eigenvalue weighted by atomic mass is 32.1. The normalized spacial score (nSPS) is 12.6. The van der Waals surface area contributed by atoms with Crippen molar-refractivity contribution in [3.8, 4) is 0 Å². The molecule has 1 amide bonds. The highest BCUT2D eigenvalue weighted by Crippen LogP contribution is 1.88. The highest BCUT2D eigenvalue weighted by molar-refractivity contribution is 7.80. The first-order valence-electron chi connectivity index (χ1n) is 2.29. The first-order chi connectivity index (χ1) is 4.04. The van der Waals surface area contributed by atoms with Gasteiger partial charge in [-0.2, -0.15) is 0 Å². The van der Waals surface area contributed by atoms with Crippen LogP contribution in [0.3, 0.4) is 0 Å². The minimum atomic E-state index is -1.07. The monoisotopic (exact) mass is 148 g/mol. The Balaban J connectivity index is 3.63. The van der Waals surface area contributed by atoms with Gasteiger partial charge in [0.15, 0.2) is 0 Å². The molecule has 0 saturated heterocycles. The van der Waals surface area contributed by atoms with E-state index >= 15 is 0 Å². The number of thiocarbonyl (C=S) groups is 1. The van der Waals surface area contributed by atoms with Crippen LogP contribution in [0.25, 0.3) is 0 Å². The quantitative estimate of drug-likeness (QED) is 0.425. The van der Waals surface area contributed by atoms with Gasteiger partial charge in [-0.3, -0.25) is 4.79 Å². The number of aliphatic hydroxyl groups is 1. The van der Waals surface area contributed by atoms with Crippen LogP contribution in [-0.2, 0) is 4.79 Å². The van der Waals surface area contributed by atoms with Gasteiger partial charge in [0, 0.05) is 0 Å². The Hall–Kier alpha value is -0.680. The van der Waals surface area contributed by atoms with E-state index in [0.29, 0.717) is 0 Å². The van der Waals surface area contributed by atoms with Crippen molar-refractivity contribution in [1.82, 2.24) is 0 Å². The zero-order valence-electron chi connectivity index (χ0n) is 4.70. The van der Waals surface area contributed by atoms with Crippen LogP contribution in [0.5, 0.6) is 0 Å². The van der Waals surface area contributed by atoms with Crippen LogP contribution in [0.15, 0.2) is 0 Å². The molecule has 1 atom stereocenters. The summed E-state index contributed by atoms with van der Waals surface area (Å²) in [5.74, 6) is -0.615. The van der Waals surface area contributed by atoms with Gasteiger partial charge in [0.1, 0.15) is 11.1 Å². The van der Waals surface area contributed by atoms with Gasteiger partial charge in [0.05, 0.1) is 6.42 Å². The topological polar surface area (TPSA) is 89.3 Å². The molecule has 0 aliphatic carbocycles. The second-order valence-corrected chi connectivity index (χ2v) is 2.06. The van der Waals surface area contributed by atoms with Crippen LogP contribution >= 0.6 is 12.2 Å². The predicted octanol–water partition coefficient (Wildman–Crippen LogP) is -1.49. The molecule has 5 heteroatoms. The molecule has 0 aromatic carbocycles. The number of amides is 1. The average Bonchev–Trinajstić information content (AvgIpc) is 1.63. The number of carbonyl (C=O) groups excluding carboxylic acids is 1. The van der Waals surface area contributed by atoms with Crippen LogP contribution in [0, 0.1) is 0 Å². The van der Waals surface area contributed by atoms with Gasteiger partial charge in [-0.05, 0) is 0 Å². The number of nitrogens with two attached hydrogens (primary N) is 2. The molecule has 9 heavy (non-hydrogen) atoms. The fourth-order valence-corrected chi connectivity index (χ4v) is 0.374. The summed E-state index contributed by atoms with van der Waals surface area (Å²) in [5.41, 5.74) is 9.67. The van der Waals surface area contributed by atoms with E-state index in [4.69, 9.17) is 16.6 Å². The lowest BCUT2D eigenvalue weighted by Crippen LogP contribution is -2.31. The second-order valence-electron chi connectivity index (χ2n) is 1.59. The average molecular weight is 148 g/mol. The molecule has 5 N–H and O–H groups in total. The van der Waals surface area contributed by atoms with E-state index in [1.54, 1.807) is 0 Å². The van der Waals surface area contributed by atoms with Gasteiger partial charge in [-0.15, -0.1) is 0 Å². The number of aliphatic hydroxyl groups excluding tert-OH is 1. The molecule has 0 rings (SSSR count). The molecule has 0 unspecified atom stereocenters. The Morgan fingerprint density at radius 3 is 2.22 bits per heavy atom. The molecule has 0 bridgehead atoms. The van der Waals surface area contributed by atoms with E-state index in [-0.39, 0.29) is 11.4 Å². The summed E-state index contributed by atoms with van der Waals surface area (Å²) >= 11 is 4.36. The van der Waals surface area contributed by atoms with Crippen LogP contribution < -0.4 is 11.5 Å². The molecular weight excluding hydrogens is 140 g/mol. The van der Waals surface area contributed by atoms with E-state index in [1.807, 2.05) is 0 Å². The molecule has 52 valence electrons. The summed E-state index contributed by atoms with van der Waals surface area (Å²) in [6, 6.07) is 0. The molecule has 0 radical (unpaired) electrons. The maximum atomic E-state index is 10.1. The van der Waals surface area contributed by atoms with Crippen molar-refractivity contribution in [2.24, 2.45) is 11.5 Å². The Morgan fingerprint density at radius 1 is 1.67 bits per heavy atom. The van der Waals surface area contributed by atoms with E-state index in [2.05, 4.69) is 12.2 Å². The Labute approximate surface area is 57.8 Å². The standard InChI is InChI=1S/C4H8N2O2S/c5-3(8)1-2(7)4(6)9/h2,7H,1H2,(H2,5,8)(H2,6,9)/t2-/m0/s1. The predicted molar refractivity (Wildman–Crippen MR) is 36.6 cm³/mol. The first kappa shape index (κ1) is 8.32. The fraction of sp³-hybridized carbons (Fsp3) is 0.500. The highest BCUT2D eigenvalue weighted by Gasteiger charge is 2.09. The van der Waals surface area contributed by atoms with Crippen LogP contribution in [0.2, 0.25) is 0 Å². The molecule has 0 aliphatic rings. The fourth-order valence-electron chi connectivity index (χ4n) is 0.291. The van der Waals surface area contributed by atoms with E-state index in [0.717, 1.165) is 0 Å². The van der Waals surface area contributed by atoms with Crippen LogP contribution in [-0.4, -0.2) is 22.1 Å². The van der Waals surface area contributed by atoms with E-state index in [1.165, 1.54) is 0 Å². The molecule has 0 aromatic rings. The third-order valence-electron chi connectivity index (χ3n) is 0.723. The lowest BCUT2D eigenvalue weighted by atomic mass is 10.2. The summed E-state index contributed by atoms with van der Waals surface area (Å²) < 4.78 is 0. The number of rotatable bonds is 3. The maximum Gasteiger partial charge on any atom is 0.220 e. The minimum absolute atomic E-state index is 0.103.